The summed E-state index contributed by atoms with van der Waals surface area (Å²) < 4.78 is 34.7. The number of pyridine rings is 2. The van der Waals surface area contributed by atoms with Crippen LogP contribution in [0.25, 0.3) is 11.1 Å². The average molecular weight is 442 g/mol. The van der Waals surface area contributed by atoms with Crippen LogP contribution in [0, 0.1) is 11.6 Å². The van der Waals surface area contributed by atoms with Crippen molar-refractivity contribution >= 4 is 17.3 Å². The molecule has 0 aliphatic carbocycles. The van der Waals surface area contributed by atoms with Gasteiger partial charge in [-0.25, -0.2) is 15.2 Å². The van der Waals surface area contributed by atoms with E-state index < -0.39 is 11.6 Å². The molecule has 0 bridgehead atoms. The lowest BCUT2D eigenvalue weighted by Crippen LogP contribution is -2.40. The van der Waals surface area contributed by atoms with Crippen LogP contribution in [0.2, 0.25) is 0 Å². The lowest BCUT2D eigenvalue weighted by Gasteiger charge is -2.22. The zero-order chi connectivity index (χ0) is 23.1. The lowest BCUT2D eigenvalue weighted by molar-refractivity contribution is 0.289. The van der Waals surface area contributed by atoms with Gasteiger partial charge in [0.2, 0.25) is 5.82 Å². The molecule has 2 heterocycles. The fraction of sp³-hybridized carbons (Fsp3) is 0.190. The smallest absolute Gasteiger partial charge is 0.202 e. The number of hydrogen-bond acceptors (Lipinski definition) is 8. The second-order valence-corrected chi connectivity index (χ2v) is 6.73. The summed E-state index contributed by atoms with van der Waals surface area (Å²) in [6.45, 7) is 0.908. The Balaban J connectivity index is 1.91. The molecule has 0 aliphatic rings. The summed E-state index contributed by atoms with van der Waals surface area (Å²) in [5.41, 5.74) is 7.43. The summed E-state index contributed by atoms with van der Waals surface area (Å²) in [5.74, 6) is 8.97. The molecule has 0 aliphatic heterocycles. The number of hydrogen-bond donors (Lipinski definition) is 4. The van der Waals surface area contributed by atoms with E-state index in [1.807, 2.05) is 0 Å². The number of hydrazine groups is 1. The number of amidine groups is 1. The molecule has 168 valence electrons. The number of halogens is 2. The van der Waals surface area contributed by atoms with E-state index in [0.29, 0.717) is 18.5 Å². The first-order chi connectivity index (χ1) is 15.5. The highest BCUT2D eigenvalue weighted by molar-refractivity contribution is 6.12. The highest BCUT2D eigenvalue weighted by Crippen LogP contribution is 2.29. The van der Waals surface area contributed by atoms with E-state index in [-0.39, 0.29) is 35.3 Å². The lowest BCUT2D eigenvalue weighted by atomic mass is 10.1. The summed E-state index contributed by atoms with van der Waals surface area (Å²) in [7, 11) is 1.79. The third-order valence-corrected chi connectivity index (χ3v) is 4.64. The number of nitrogens with one attached hydrogen (secondary N) is 1. The summed E-state index contributed by atoms with van der Waals surface area (Å²) >= 11 is 0. The minimum atomic E-state index is -1.21. The van der Waals surface area contributed by atoms with Crippen LogP contribution >= 0.6 is 0 Å². The molecule has 1 aromatic carbocycles. The Morgan fingerprint density at radius 2 is 1.91 bits per heavy atom. The molecule has 3 aromatic rings. The van der Waals surface area contributed by atoms with Crippen LogP contribution in [0.15, 0.2) is 54.0 Å². The summed E-state index contributed by atoms with van der Waals surface area (Å²) in [6.07, 6.45) is 5.44. The molecule has 11 heteroatoms. The number of nitrogens with two attached hydrogens (primary N) is 3. The number of anilines is 2. The van der Waals surface area contributed by atoms with E-state index in [9.17, 15) is 8.78 Å². The van der Waals surface area contributed by atoms with Gasteiger partial charge in [0.1, 0.15) is 5.82 Å². The molecular weight excluding hydrogens is 418 g/mol. The molecular formula is C21H24F2N8O. The normalized spacial score (nSPS) is 11.4. The van der Waals surface area contributed by atoms with E-state index in [4.69, 9.17) is 22.2 Å². The topological polar surface area (TPSA) is 141 Å². The maximum absolute atomic E-state index is 14.8. The number of hydrazone groups is 1. The van der Waals surface area contributed by atoms with Crippen molar-refractivity contribution in [1.29, 1.82) is 0 Å². The third kappa shape index (κ3) is 4.90. The minimum Gasteiger partial charge on any atom is -0.490 e. The van der Waals surface area contributed by atoms with E-state index in [0.717, 1.165) is 10.6 Å². The van der Waals surface area contributed by atoms with Gasteiger partial charge < -0.3 is 21.6 Å². The Labute approximate surface area is 183 Å². The van der Waals surface area contributed by atoms with Gasteiger partial charge >= 0.3 is 0 Å². The van der Waals surface area contributed by atoms with Gasteiger partial charge in [0.05, 0.1) is 17.9 Å². The van der Waals surface area contributed by atoms with E-state index in [1.54, 1.807) is 43.8 Å². The number of ether oxygens (including phenoxy) is 1. The third-order valence-electron chi connectivity index (χ3n) is 4.64. The molecule has 7 N–H and O–H groups in total. The molecule has 0 fully saturated rings. The van der Waals surface area contributed by atoms with Crippen molar-refractivity contribution in [3.63, 3.8) is 0 Å². The number of benzene rings is 1. The van der Waals surface area contributed by atoms with E-state index >= 15 is 0 Å². The first-order valence-electron chi connectivity index (χ1n) is 9.72. The molecule has 0 unspecified atom stereocenters. The van der Waals surface area contributed by atoms with Crippen molar-refractivity contribution in [1.82, 2.24) is 15.3 Å². The maximum Gasteiger partial charge on any atom is 0.202 e. The van der Waals surface area contributed by atoms with Crippen molar-refractivity contribution in [2.24, 2.45) is 16.8 Å². The molecule has 32 heavy (non-hydrogen) atoms. The number of aromatic nitrogens is 2. The first kappa shape index (κ1) is 22.8. The van der Waals surface area contributed by atoms with Gasteiger partial charge in [-0.2, -0.15) is 9.49 Å². The Bertz CT molecular complexity index is 1090. The minimum absolute atomic E-state index is 0.0628. The Morgan fingerprint density at radius 3 is 2.59 bits per heavy atom. The molecule has 2 aromatic heterocycles. The van der Waals surface area contributed by atoms with Crippen LogP contribution < -0.4 is 32.5 Å². The second-order valence-electron chi connectivity index (χ2n) is 6.73. The summed E-state index contributed by atoms with van der Waals surface area (Å²) in [4.78, 5) is 8.12. The predicted molar refractivity (Wildman–Crippen MR) is 120 cm³/mol. The van der Waals surface area contributed by atoms with Gasteiger partial charge in [0.25, 0.3) is 0 Å². The Kier molecular flexibility index (Phi) is 7.47. The molecule has 0 atom stereocenters. The van der Waals surface area contributed by atoms with Crippen molar-refractivity contribution < 1.29 is 13.5 Å². The molecule has 0 amide bonds. The fourth-order valence-corrected chi connectivity index (χ4v) is 2.98. The maximum atomic E-state index is 14.8. The van der Waals surface area contributed by atoms with Gasteiger partial charge in [0, 0.05) is 24.2 Å². The van der Waals surface area contributed by atoms with Crippen molar-refractivity contribution in [3.8, 4) is 16.9 Å². The highest BCUT2D eigenvalue weighted by Gasteiger charge is 2.23. The molecule has 0 spiro atoms. The number of rotatable bonds is 8. The van der Waals surface area contributed by atoms with Crippen LogP contribution in [0.3, 0.4) is 0 Å². The summed E-state index contributed by atoms with van der Waals surface area (Å²) in [5, 5.41) is 7.41. The number of nitrogen functional groups attached to an aromatic ring is 1. The predicted octanol–water partition coefficient (Wildman–Crippen LogP) is 1.99. The first-order valence-corrected chi connectivity index (χ1v) is 9.72. The largest absolute Gasteiger partial charge is 0.490 e. The highest BCUT2D eigenvalue weighted by atomic mass is 19.2. The SMILES string of the molecule is CNCCCOc1ccc(N(N)/C(=N\N)c2cc(-c3ccncc3)cnc2N)c(F)c1F. The molecule has 0 saturated heterocycles. The monoisotopic (exact) mass is 442 g/mol. The van der Waals surface area contributed by atoms with E-state index in [2.05, 4.69) is 20.4 Å². The van der Waals surface area contributed by atoms with Crippen LogP contribution in [-0.4, -0.2) is 36.0 Å². The van der Waals surface area contributed by atoms with Crippen molar-refractivity contribution in [3.05, 3.63) is 66.1 Å². The zero-order valence-corrected chi connectivity index (χ0v) is 17.4. The molecule has 3 rings (SSSR count). The van der Waals surface area contributed by atoms with Gasteiger partial charge in [0.15, 0.2) is 17.4 Å². The quantitative estimate of drug-likeness (QED) is 0.136. The van der Waals surface area contributed by atoms with Crippen LogP contribution in [0.5, 0.6) is 5.75 Å². The van der Waals surface area contributed by atoms with Gasteiger partial charge in [-0.15, -0.1) is 0 Å². The number of nitrogens with zero attached hydrogens (tertiary/aromatic N) is 4. The molecule has 0 saturated carbocycles. The summed E-state index contributed by atoms with van der Waals surface area (Å²) in [6, 6.07) is 7.77. The molecule has 0 radical (unpaired) electrons. The Hall–Kier alpha value is -3.83. The standard InChI is InChI=1S/C21H24F2N8O/c1-27-7-2-10-32-17-4-3-16(18(22)19(17)23)31(26)21(30-25)15-11-14(12-29-20(15)24)13-5-8-28-9-6-13/h3-6,8-9,11-12,27H,2,7,10,25-26H2,1H3,(H2,24,29)/b30-21-. The second kappa shape index (κ2) is 10.5. The van der Waals surface area contributed by atoms with Gasteiger partial charge in [-0.05, 0) is 55.9 Å². The van der Waals surface area contributed by atoms with Gasteiger partial charge in [-0.1, -0.05) is 0 Å². The van der Waals surface area contributed by atoms with Crippen LogP contribution in [0.1, 0.15) is 12.0 Å². The van der Waals surface area contributed by atoms with Gasteiger partial charge in [-0.3, -0.25) is 9.99 Å². The zero-order valence-electron chi connectivity index (χ0n) is 17.4. The van der Waals surface area contributed by atoms with E-state index in [1.165, 1.54) is 12.1 Å². The van der Waals surface area contributed by atoms with Crippen LogP contribution in [0.4, 0.5) is 20.3 Å². The van der Waals surface area contributed by atoms with Crippen molar-refractivity contribution in [2.75, 3.05) is 30.9 Å². The van der Waals surface area contributed by atoms with Crippen LogP contribution in [-0.2, 0) is 0 Å². The average Bonchev–Trinajstić information content (AvgIpc) is 2.81. The Morgan fingerprint density at radius 1 is 1.16 bits per heavy atom. The van der Waals surface area contributed by atoms with Crippen molar-refractivity contribution in [2.45, 2.75) is 6.42 Å². The molecule has 9 nitrogen and oxygen atoms in total. The fourth-order valence-electron chi connectivity index (χ4n) is 2.98.